The Morgan fingerprint density at radius 1 is 1.65 bits per heavy atom. The molecule has 1 amide bonds. The lowest BCUT2D eigenvalue weighted by atomic mass is 10.1. The lowest BCUT2D eigenvalue weighted by molar-refractivity contribution is 0.0866. The van der Waals surface area contributed by atoms with Gasteiger partial charge >= 0.3 is 0 Å². The average Bonchev–Trinajstić information content (AvgIpc) is 2.75. The van der Waals surface area contributed by atoms with Crippen LogP contribution in [0, 0.1) is 0 Å². The van der Waals surface area contributed by atoms with Gasteiger partial charge in [-0.3, -0.25) is 15.6 Å². The number of nitrogens with two attached hydrogens (primary N) is 1. The van der Waals surface area contributed by atoms with Crippen molar-refractivity contribution >= 4 is 11.6 Å². The number of aromatic nitrogens is 1. The van der Waals surface area contributed by atoms with Crippen LogP contribution in [0.15, 0.2) is 18.5 Å². The maximum atomic E-state index is 12.0. The van der Waals surface area contributed by atoms with Gasteiger partial charge in [-0.15, -0.1) is 0 Å². The van der Waals surface area contributed by atoms with Crippen LogP contribution in [0.25, 0.3) is 0 Å². The first-order valence-electron chi connectivity index (χ1n) is 5.55. The number of nitrogens with zero attached hydrogens (tertiary/aromatic N) is 1. The van der Waals surface area contributed by atoms with E-state index in [4.69, 9.17) is 10.6 Å². The molecule has 2 heterocycles. The van der Waals surface area contributed by atoms with Gasteiger partial charge < -0.3 is 15.5 Å². The van der Waals surface area contributed by atoms with Crippen LogP contribution >= 0.6 is 0 Å². The summed E-state index contributed by atoms with van der Waals surface area (Å²) in [5, 5.41) is 2.92. The number of rotatable bonds is 3. The van der Waals surface area contributed by atoms with E-state index in [0.717, 1.165) is 6.42 Å². The average molecular weight is 236 g/mol. The standard InChI is InChI=1S/C11H16N4O2/c1-7-9(3-5-17-7)14-11(16)8-6-13-4-2-10(8)15-12/h2,4,6-7,9H,3,5,12H2,1H3,(H,13,15)(H,14,16). The largest absolute Gasteiger partial charge is 0.376 e. The molecule has 0 saturated carbocycles. The Kier molecular flexibility index (Phi) is 3.55. The Labute approximate surface area is 99.5 Å². The van der Waals surface area contributed by atoms with Crippen LogP contribution in [0.5, 0.6) is 0 Å². The van der Waals surface area contributed by atoms with E-state index >= 15 is 0 Å². The molecular formula is C11H16N4O2. The lowest BCUT2D eigenvalue weighted by Crippen LogP contribution is -2.39. The highest BCUT2D eigenvalue weighted by Gasteiger charge is 2.26. The fraction of sp³-hybridized carbons (Fsp3) is 0.455. The Bertz CT molecular complexity index is 410. The molecule has 6 heteroatoms. The van der Waals surface area contributed by atoms with Crippen LogP contribution in [0.3, 0.4) is 0 Å². The first-order chi connectivity index (χ1) is 8.22. The third-order valence-electron chi connectivity index (χ3n) is 2.91. The second kappa shape index (κ2) is 5.11. The van der Waals surface area contributed by atoms with Crippen LogP contribution in [-0.4, -0.2) is 29.6 Å². The number of hydrogen-bond donors (Lipinski definition) is 3. The third-order valence-corrected chi connectivity index (χ3v) is 2.91. The lowest BCUT2D eigenvalue weighted by Gasteiger charge is -2.16. The molecule has 1 fully saturated rings. The molecule has 4 N–H and O–H groups in total. The van der Waals surface area contributed by atoms with Gasteiger partial charge in [-0.1, -0.05) is 0 Å². The molecule has 17 heavy (non-hydrogen) atoms. The number of anilines is 1. The molecule has 0 radical (unpaired) electrons. The minimum atomic E-state index is -0.187. The van der Waals surface area contributed by atoms with E-state index in [0.29, 0.717) is 17.9 Å². The monoisotopic (exact) mass is 236 g/mol. The number of nitrogens with one attached hydrogen (secondary N) is 2. The number of carbonyl (C=O) groups is 1. The van der Waals surface area contributed by atoms with E-state index in [1.54, 1.807) is 12.3 Å². The van der Waals surface area contributed by atoms with Gasteiger partial charge in [0.15, 0.2) is 0 Å². The van der Waals surface area contributed by atoms with Gasteiger partial charge in [0, 0.05) is 19.0 Å². The van der Waals surface area contributed by atoms with Crippen molar-refractivity contribution in [1.29, 1.82) is 0 Å². The highest BCUT2D eigenvalue weighted by Crippen LogP contribution is 2.16. The quantitative estimate of drug-likeness (QED) is 0.518. The van der Waals surface area contributed by atoms with E-state index in [1.807, 2.05) is 6.92 Å². The molecular weight excluding hydrogens is 220 g/mol. The number of pyridine rings is 1. The van der Waals surface area contributed by atoms with Crippen molar-refractivity contribution in [2.75, 3.05) is 12.0 Å². The van der Waals surface area contributed by atoms with Gasteiger partial charge in [0.25, 0.3) is 5.91 Å². The summed E-state index contributed by atoms with van der Waals surface area (Å²) < 4.78 is 5.39. The Hall–Kier alpha value is -1.66. The first-order valence-corrected chi connectivity index (χ1v) is 5.55. The summed E-state index contributed by atoms with van der Waals surface area (Å²) in [5.41, 5.74) is 3.48. The normalized spacial score (nSPS) is 23.4. The maximum absolute atomic E-state index is 12.0. The topological polar surface area (TPSA) is 89.3 Å². The summed E-state index contributed by atoms with van der Waals surface area (Å²) >= 11 is 0. The third kappa shape index (κ3) is 2.54. The molecule has 1 saturated heterocycles. The van der Waals surface area contributed by atoms with E-state index in [2.05, 4.69) is 15.7 Å². The smallest absolute Gasteiger partial charge is 0.255 e. The van der Waals surface area contributed by atoms with Gasteiger partial charge in [-0.2, -0.15) is 0 Å². The SMILES string of the molecule is CC1OCCC1NC(=O)c1cnccc1NN. The molecule has 1 aromatic heterocycles. The summed E-state index contributed by atoms with van der Waals surface area (Å²) in [4.78, 5) is 15.9. The van der Waals surface area contributed by atoms with Gasteiger partial charge in [0.05, 0.1) is 23.4 Å². The van der Waals surface area contributed by atoms with Gasteiger partial charge in [0.1, 0.15) is 0 Å². The minimum Gasteiger partial charge on any atom is -0.376 e. The second-order valence-corrected chi connectivity index (χ2v) is 4.01. The fourth-order valence-corrected chi connectivity index (χ4v) is 1.87. The Morgan fingerprint density at radius 3 is 3.12 bits per heavy atom. The molecule has 2 rings (SSSR count). The predicted octanol–water partition coefficient (Wildman–Crippen LogP) is 0.274. The number of hydrazine groups is 1. The molecule has 1 aliphatic heterocycles. The molecule has 2 atom stereocenters. The summed E-state index contributed by atoms with van der Waals surface area (Å²) in [5.74, 6) is 5.15. The van der Waals surface area contributed by atoms with Crippen LogP contribution in [0.1, 0.15) is 23.7 Å². The van der Waals surface area contributed by atoms with Crippen molar-refractivity contribution in [3.63, 3.8) is 0 Å². The highest BCUT2D eigenvalue weighted by atomic mass is 16.5. The molecule has 0 aliphatic carbocycles. The molecule has 6 nitrogen and oxygen atoms in total. The Morgan fingerprint density at radius 2 is 2.47 bits per heavy atom. The second-order valence-electron chi connectivity index (χ2n) is 4.01. The number of carbonyl (C=O) groups excluding carboxylic acids is 1. The first kappa shape index (κ1) is 11.8. The van der Waals surface area contributed by atoms with Crippen molar-refractivity contribution in [2.45, 2.75) is 25.5 Å². The molecule has 0 aromatic carbocycles. The zero-order valence-electron chi connectivity index (χ0n) is 9.64. The Balaban J connectivity index is 2.09. The van der Waals surface area contributed by atoms with Crippen molar-refractivity contribution in [3.05, 3.63) is 24.0 Å². The molecule has 92 valence electrons. The molecule has 0 spiro atoms. The summed E-state index contributed by atoms with van der Waals surface area (Å²) in [6.07, 6.45) is 3.95. The van der Waals surface area contributed by atoms with Crippen molar-refractivity contribution in [1.82, 2.24) is 10.3 Å². The van der Waals surface area contributed by atoms with Gasteiger partial charge in [-0.25, -0.2) is 0 Å². The van der Waals surface area contributed by atoms with Crippen LogP contribution in [-0.2, 0) is 4.74 Å². The van der Waals surface area contributed by atoms with E-state index < -0.39 is 0 Å². The van der Waals surface area contributed by atoms with Crippen molar-refractivity contribution < 1.29 is 9.53 Å². The zero-order chi connectivity index (χ0) is 12.3. The summed E-state index contributed by atoms with van der Waals surface area (Å²) in [6, 6.07) is 1.71. The number of nitrogen functional groups attached to an aromatic ring is 1. The van der Waals surface area contributed by atoms with E-state index in [1.165, 1.54) is 6.20 Å². The summed E-state index contributed by atoms with van der Waals surface area (Å²) in [7, 11) is 0. The highest BCUT2D eigenvalue weighted by molar-refractivity contribution is 5.99. The fourth-order valence-electron chi connectivity index (χ4n) is 1.87. The predicted molar refractivity (Wildman–Crippen MR) is 63.3 cm³/mol. The van der Waals surface area contributed by atoms with Crippen molar-refractivity contribution in [2.24, 2.45) is 5.84 Å². The van der Waals surface area contributed by atoms with Crippen molar-refractivity contribution in [3.8, 4) is 0 Å². The van der Waals surface area contributed by atoms with E-state index in [-0.39, 0.29) is 18.1 Å². The molecule has 1 aliphatic rings. The number of ether oxygens (including phenoxy) is 1. The van der Waals surface area contributed by atoms with Gasteiger partial charge in [-0.05, 0) is 19.4 Å². The minimum absolute atomic E-state index is 0.0462. The van der Waals surface area contributed by atoms with Crippen LogP contribution in [0.4, 0.5) is 5.69 Å². The van der Waals surface area contributed by atoms with E-state index in [9.17, 15) is 4.79 Å². The summed E-state index contributed by atoms with van der Waals surface area (Å²) in [6.45, 7) is 2.63. The number of amides is 1. The van der Waals surface area contributed by atoms with Crippen LogP contribution in [0.2, 0.25) is 0 Å². The maximum Gasteiger partial charge on any atom is 0.255 e. The number of hydrogen-bond acceptors (Lipinski definition) is 5. The molecule has 0 bridgehead atoms. The van der Waals surface area contributed by atoms with Gasteiger partial charge in [0.2, 0.25) is 0 Å². The molecule has 1 aromatic rings. The van der Waals surface area contributed by atoms with Crippen LogP contribution < -0.4 is 16.6 Å². The zero-order valence-corrected chi connectivity index (χ0v) is 9.64. The molecule has 2 unspecified atom stereocenters.